The summed E-state index contributed by atoms with van der Waals surface area (Å²) in [6.45, 7) is 9.91. The summed E-state index contributed by atoms with van der Waals surface area (Å²) >= 11 is 1.69. The van der Waals surface area contributed by atoms with Gasteiger partial charge in [-0.1, -0.05) is 20.8 Å². The van der Waals surface area contributed by atoms with Crippen LogP contribution in [0.15, 0.2) is 5.38 Å². The number of rotatable bonds is 5. The van der Waals surface area contributed by atoms with Crippen molar-refractivity contribution in [1.29, 1.82) is 0 Å². The molecular formula is C16H27N3OS. The van der Waals surface area contributed by atoms with Crippen LogP contribution in [0.3, 0.4) is 0 Å². The van der Waals surface area contributed by atoms with Crippen molar-refractivity contribution in [2.24, 2.45) is 0 Å². The molecule has 2 heterocycles. The molecule has 0 atom stereocenters. The number of hydrogen-bond donors (Lipinski definition) is 1. The smallest absolute Gasteiger partial charge is 0.223 e. The van der Waals surface area contributed by atoms with Crippen molar-refractivity contribution in [3.05, 3.63) is 16.1 Å². The molecule has 1 aliphatic rings. The molecule has 21 heavy (non-hydrogen) atoms. The highest BCUT2D eigenvalue weighted by Crippen LogP contribution is 2.23. The summed E-state index contributed by atoms with van der Waals surface area (Å²) in [7, 11) is 0. The van der Waals surface area contributed by atoms with E-state index in [1.807, 2.05) is 4.90 Å². The molecule has 1 amide bonds. The summed E-state index contributed by atoms with van der Waals surface area (Å²) in [6.07, 6.45) is 4.18. The van der Waals surface area contributed by atoms with Gasteiger partial charge >= 0.3 is 0 Å². The number of thiazole rings is 1. The highest BCUT2D eigenvalue weighted by molar-refractivity contribution is 7.09. The number of likely N-dealkylation sites (tertiary alicyclic amines) is 1. The summed E-state index contributed by atoms with van der Waals surface area (Å²) in [4.78, 5) is 18.7. The molecule has 0 aromatic carbocycles. The lowest BCUT2D eigenvalue weighted by molar-refractivity contribution is -0.131. The van der Waals surface area contributed by atoms with E-state index in [0.717, 1.165) is 49.7 Å². The molecule has 118 valence electrons. The number of nitrogens with one attached hydrogen (secondary N) is 1. The molecule has 5 heteroatoms. The van der Waals surface area contributed by atoms with Crippen LogP contribution in [-0.4, -0.2) is 35.4 Å². The van der Waals surface area contributed by atoms with Crippen molar-refractivity contribution < 1.29 is 4.79 Å². The Morgan fingerprint density at radius 3 is 2.67 bits per heavy atom. The highest BCUT2D eigenvalue weighted by atomic mass is 32.1. The van der Waals surface area contributed by atoms with Crippen LogP contribution >= 0.6 is 11.3 Å². The fourth-order valence-corrected chi connectivity index (χ4v) is 3.42. The van der Waals surface area contributed by atoms with E-state index >= 15 is 0 Å². The Bertz CT molecular complexity index is 458. The lowest BCUT2D eigenvalue weighted by atomic mass is 9.93. The predicted molar refractivity (Wildman–Crippen MR) is 87.6 cm³/mol. The maximum absolute atomic E-state index is 12.0. The third kappa shape index (κ3) is 5.08. The zero-order chi connectivity index (χ0) is 15.3. The molecule has 1 fully saturated rings. The van der Waals surface area contributed by atoms with Gasteiger partial charge in [0.05, 0.1) is 5.69 Å². The van der Waals surface area contributed by atoms with Gasteiger partial charge in [-0.3, -0.25) is 4.79 Å². The van der Waals surface area contributed by atoms with Crippen molar-refractivity contribution in [1.82, 2.24) is 15.2 Å². The van der Waals surface area contributed by atoms with Crippen LogP contribution in [-0.2, 0) is 16.8 Å². The molecule has 0 bridgehead atoms. The molecule has 0 unspecified atom stereocenters. The number of hydrogen-bond acceptors (Lipinski definition) is 4. The summed E-state index contributed by atoms with van der Waals surface area (Å²) in [5, 5.41) is 6.57. The van der Waals surface area contributed by atoms with Crippen LogP contribution in [0.25, 0.3) is 0 Å². The topological polar surface area (TPSA) is 45.2 Å². The first-order valence-corrected chi connectivity index (χ1v) is 8.78. The van der Waals surface area contributed by atoms with Gasteiger partial charge < -0.3 is 10.2 Å². The average molecular weight is 309 g/mol. The van der Waals surface area contributed by atoms with Gasteiger partial charge in [0, 0.05) is 43.4 Å². The Labute approximate surface area is 132 Å². The van der Waals surface area contributed by atoms with E-state index in [4.69, 9.17) is 0 Å². The maximum atomic E-state index is 12.0. The second-order valence-corrected chi connectivity index (χ2v) is 7.69. The number of amides is 1. The number of nitrogens with zero attached hydrogens (tertiary/aromatic N) is 2. The number of carbonyl (C=O) groups is 1. The molecule has 0 aliphatic carbocycles. The van der Waals surface area contributed by atoms with Crippen LogP contribution in [0.5, 0.6) is 0 Å². The quantitative estimate of drug-likeness (QED) is 0.851. The third-order valence-electron chi connectivity index (χ3n) is 3.82. The van der Waals surface area contributed by atoms with Gasteiger partial charge in [-0.2, -0.15) is 0 Å². The van der Waals surface area contributed by atoms with E-state index in [1.165, 1.54) is 6.42 Å². The molecule has 1 saturated heterocycles. The van der Waals surface area contributed by atoms with Crippen molar-refractivity contribution in [3.8, 4) is 0 Å². The Balaban J connectivity index is 1.67. The second-order valence-electron chi connectivity index (χ2n) is 6.74. The fraction of sp³-hybridized carbons (Fsp3) is 0.750. The SMILES string of the molecule is CC(C)(C)c1csc(CNCCC(=O)N2CCCCC2)n1. The fourth-order valence-electron chi connectivity index (χ4n) is 2.43. The molecule has 0 radical (unpaired) electrons. The summed E-state index contributed by atoms with van der Waals surface area (Å²) < 4.78 is 0. The van der Waals surface area contributed by atoms with E-state index in [9.17, 15) is 4.79 Å². The Morgan fingerprint density at radius 2 is 2.05 bits per heavy atom. The minimum absolute atomic E-state index is 0.110. The predicted octanol–water partition coefficient (Wildman–Crippen LogP) is 2.93. The molecular weight excluding hydrogens is 282 g/mol. The van der Waals surface area contributed by atoms with E-state index in [0.29, 0.717) is 6.42 Å². The van der Waals surface area contributed by atoms with Gasteiger partial charge in [0.25, 0.3) is 0 Å². The molecule has 1 aliphatic heterocycles. The zero-order valence-electron chi connectivity index (χ0n) is 13.4. The first-order valence-electron chi connectivity index (χ1n) is 7.90. The van der Waals surface area contributed by atoms with Gasteiger partial charge in [-0.25, -0.2) is 4.98 Å². The third-order valence-corrected chi connectivity index (χ3v) is 4.67. The van der Waals surface area contributed by atoms with Gasteiger partial charge in [-0.05, 0) is 19.3 Å². The van der Waals surface area contributed by atoms with Crippen LogP contribution in [0.2, 0.25) is 0 Å². The van der Waals surface area contributed by atoms with Crippen LogP contribution < -0.4 is 5.32 Å². The Kier molecular flexibility index (Phi) is 5.76. The second kappa shape index (κ2) is 7.36. The van der Waals surface area contributed by atoms with Crippen molar-refractivity contribution >= 4 is 17.2 Å². The Morgan fingerprint density at radius 1 is 1.33 bits per heavy atom. The van der Waals surface area contributed by atoms with Crippen LogP contribution in [0, 0.1) is 0 Å². The van der Waals surface area contributed by atoms with E-state index in [2.05, 4.69) is 36.5 Å². The number of carbonyl (C=O) groups excluding carboxylic acids is 1. The molecule has 4 nitrogen and oxygen atoms in total. The minimum atomic E-state index is 0.110. The first-order chi connectivity index (χ1) is 9.97. The molecule has 2 rings (SSSR count). The van der Waals surface area contributed by atoms with Crippen LogP contribution in [0.1, 0.15) is 57.2 Å². The van der Waals surface area contributed by atoms with Gasteiger partial charge in [0.15, 0.2) is 0 Å². The summed E-state index contributed by atoms with van der Waals surface area (Å²) in [6, 6.07) is 0. The first kappa shape index (κ1) is 16.4. The molecule has 1 N–H and O–H groups in total. The van der Waals surface area contributed by atoms with Crippen molar-refractivity contribution in [3.63, 3.8) is 0 Å². The number of piperidine rings is 1. The summed E-state index contributed by atoms with van der Waals surface area (Å²) in [5.74, 6) is 0.289. The zero-order valence-corrected chi connectivity index (χ0v) is 14.3. The Hall–Kier alpha value is -0.940. The molecule has 1 aromatic rings. The lowest BCUT2D eigenvalue weighted by Crippen LogP contribution is -2.37. The maximum Gasteiger partial charge on any atom is 0.223 e. The summed E-state index contributed by atoms with van der Waals surface area (Å²) in [5.41, 5.74) is 1.26. The average Bonchev–Trinajstić information content (AvgIpc) is 2.93. The van der Waals surface area contributed by atoms with E-state index < -0.39 is 0 Å². The van der Waals surface area contributed by atoms with Crippen molar-refractivity contribution in [2.45, 2.75) is 58.4 Å². The van der Waals surface area contributed by atoms with Crippen molar-refractivity contribution in [2.75, 3.05) is 19.6 Å². The van der Waals surface area contributed by atoms with Gasteiger partial charge in [0.1, 0.15) is 5.01 Å². The molecule has 0 spiro atoms. The van der Waals surface area contributed by atoms with Gasteiger partial charge in [-0.15, -0.1) is 11.3 Å². The number of aromatic nitrogens is 1. The minimum Gasteiger partial charge on any atom is -0.343 e. The largest absolute Gasteiger partial charge is 0.343 e. The highest BCUT2D eigenvalue weighted by Gasteiger charge is 2.18. The lowest BCUT2D eigenvalue weighted by Gasteiger charge is -2.26. The van der Waals surface area contributed by atoms with E-state index in [-0.39, 0.29) is 11.3 Å². The standard InChI is InChI=1S/C16H27N3OS/c1-16(2,3)13-12-21-14(18-13)11-17-8-7-15(20)19-9-5-4-6-10-19/h12,17H,4-11H2,1-3H3. The van der Waals surface area contributed by atoms with Gasteiger partial charge in [0.2, 0.25) is 5.91 Å². The normalized spacial score (nSPS) is 16.2. The van der Waals surface area contributed by atoms with E-state index in [1.54, 1.807) is 11.3 Å². The molecule has 1 aromatic heterocycles. The van der Waals surface area contributed by atoms with Crippen LogP contribution in [0.4, 0.5) is 0 Å². The molecule has 0 saturated carbocycles. The monoisotopic (exact) mass is 309 g/mol.